The van der Waals surface area contributed by atoms with Crippen LogP contribution in [0.4, 0.5) is 0 Å². The van der Waals surface area contributed by atoms with E-state index in [9.17, 15) is 0 Å². The van der Waals surface area contributed by atoms with Gasteiger partial charge in [-0.2, -0.15) is 0 Å². The monoisotopic (exact) mass is 636 g/mol. The third-order valence-corrected chi connectivity index (χ3v) is 9.24. The third-order valence-electron chi connectivity index (χ3n) is 9.24. The highest BCUT2D eigenvalue weighted by molar-refractivity contribution is 5.83. The lowest BCUT2D eigenvalue weighted by molar-refractivity contribution is 0.245. The van der Waals surface area contributed by atoms with Crippen LogP contribution in [0.15, 0.2) is 44.2 Å². The molecule has 5 rings (SSSR count). The Bertz CT molecular complexity index is 1120. The average Bonchev–Trinajstić information content (AvgIpc) is 3.81. The van der Waals surface area contributed by atoms with Crippen LogP contribution in [0.1, 0.15) is 66.5 Å². The van der Waals surface area contributed by atoms with Crippen molar-refractivity contribution in [3.8, 4) is 0 Å². The fourth-order valence-electron chi connectivity index (χ4n) is 5.92. The number of benzene rings is 1. The van der Waals surface area contributed by atoms with E-state index in [1.165, 1.54) is 11.1 Å². The molecule has 4 aliphatic rings. The molecule has 46 heavy (non-hydrogen) atoms. The van der Waals surface area contributed by atoms with Gasteiger partial charge in [-0.3, -0.25) is 9.80 Å². The first-order valence-corrected chi connectivity index (χ1v) is 17.3. The minimum absolute atomic E-state index is 0.213. The van der Waals surface area contributed by atoms with Crippen molar-refractivity contribution in [3.63, 3.8) is 0 Å². The topological polar surface area (TPSA) is 92.8 Å². The molecule has 1 aromatic rings. The van der Waals surface area contributed by atoms with Gasteiger partial charge in [0.15, 0.2) is 23.6 Å². The normalized spacial score (nSPS) is 24.5. The molecule has 10 heteroatoms. The van der Waals surface area contributed by atoms with Crippen molar-refractivity contribution in [3.05, 3.63) is 35.4 Å². The first kappa shape index (κ1) is 34.4. The highest BCUT2D eigenvalue weighted by atomic mass is 16.5. The summed E-state index contributed by atoms with van der Waals surface area (Å²) in [4.78, 5) is 24.2. The van der Waals surface area contributed by atoms with Gasteiger partial charge in [-0.05, 0) is 34.8 Å². The van der Waals surface area contributed by atoms with Crippen molar-refractivity contribution < 1.29 is 18.9 Å². The van der Waals surface area contributed by atoms with E-state index in [0.29, 0.717) is 76.3 Å². The molecule has 0 N–H and O–H groups in total. The Morgan fingerprint density at radius 2 is 0.783 bits per heavy atom. The van der Waals surface area contributed by atoms with Crippen molar-refractivity contribution in [1.82, 2.24) is 9.80 Å². The van der Waals surface area contributed by atoms with E-state index < -0.39 is 0 Å². The number of hydrogen-bond acceptors (Lipinski definition) is 10. The molecule has 0 radical (unpaired) electrons. The van der Waals surface area contributed by atoms with Crippen LogP contribution in [0, 0.1) is 23.7 Å². The van der Waals surface area contributed by atoms with Crippen molar-refractivity contribution in [1.29, 1.82) is 0 Å². The summed E-state index contributed by atoms with van der Waals surface area (Å²) in [6, 6.07) is 9.68. The Hall–Kier alpha value is -2.98. The smallest absolute Gasteiger partial charge is 0.198 e. The highest BCUT2D eigenvalue weighted by Gasteiger charge is 2.29. The summed E-state index contributed by atoms with van der Waals surface area (Å²) < 4.78 is 24.2. The molecule has 0 saturated heterocycles. The molecule has 254 valence electrons. The van der Waals surface area contributed by atoms with Gasteiger partial charge in [0, 0.05) is 13.1 Å². The molecule has 0 aromatic heterocycles. The van der Waals surface area contributed by atoms with Crippen LogP contribution in [0.3, 0.4) is 0 Å². The van der Waals surface area contributed by atoms with Crippen molar-refractivity contribution in [2.24, 2.45) is 43.6 Å². The zero-order valence-electron chi connectivity index (χ0n) is 29.3. The largest absolute Gasteiger partial charge is 0.478 e. The Kier molecular flexibility index (Phi) is 11.8. The molecule has 10 nitrogen and oxygen atoms in total. The molecular formula is C36H56N6O4. The minimum atomic E-state index is 0.213. The fourth-order valence-corrected chi connectivity index (χ4v) is 5.92. The lowest BCUT2D eigenvalue weighted by atomic mass is 10.1. The molecule has 0 bridgehead atoms. The second kappa shape index (κ2) is 15.7. The number of nitrogens with zero attached hydrogens (tertiary/aromatic N) is 6. The third kappa shape index (κ3) is 9.53. The van der Waals surface area contributed by atoms with Gasteiger partial charge in [0.05, 0.1) is 50.3 Å². The van der Waals surface area contributed by atoms with Crippen LogP contribution in [0.5, 0.6) is 0 Å². The van der Waals surface area contributed by atoms with E-state index in [1.54, 1.807) is 0 Å². The Morgan fingerprint density at radius 3 is 1.02 bits per heavy atom. The van der Waals surface area contributed by atoms with Crippen molar-refractivity contribution in [2.45, 2.75) is 92.6 Å². The zero-order valence-corrected chi connectivity index (χ0v) is 29.3. The number of rotatable bonds is 16. The van der Waals surface area contributed by atoms with Crippen LogP contribution >= 0.6 is 0 Å². The van der Waals surface area contributed by atoms with E-state index >= 15 is 0 Å². The van der Waals surface area contributed by atoms with Crippen molar-refractivity contribution in [2.75, 3.05) is 52.6 Å². The van der Waals surface area contributed by atoms with Gasteiger partial charge < -0.3 is 18.9 Å². The number of ether oxygens (including phenoxy) is 4. The van der Waals surface area contributed by atoms with Gasteiger partial charge in [-0.1, -0.05) is 79.7 Å². The second-order valence-corrected chi connectivity index (χ2v) is 14.7. The van der Waals surface area contributed by atoms with Crippen molar-refractivity contribution >= 4 is 23.6 Å². The zero-order chi connectivity index (χ0) is 32.8. The molecule has 4 atom stereocenters. The summed E-state index contributed by atoms with van der Waals surface area (Å²) in [7, 11) is 0. The second-order valence-electron chi connectivity index (χ2n) is 14.7. The first-order chi connectivity index (χ1) is 22.0. The number of hydrogen-bond donors (Lipinski definition) is 0. The van der Waals surface area contributed by atoms with Crippen LogP contribution < -0.4 is 0 Å². The molecule has 1 aromatic carbocycles. The maximum atomic E-state index is 6.04. The summed E-state index contributed by atoms with van der Waals surface area (Å²) in [5.41, 5.74) is 2.44. The molecule has 0 fully saturated rings. The van der Waals surface area contributed by atoms with Gasteiger partial charge in [-0.15, -0.1) is 0 Å². The maximum absolute atomic E-state index is 6.04. The molecule has 0 unspecified atom stereocenters. The van der Waals surface area contributed by atoms with Gasteiger partial charge in [0.1, 0.15) is 26.4 Å². The van der Waals surface area contributed by atoms with Gasteiger partial charge in [-0.25, -0.2) is 20.0 Å². The molecule has 0 saturated carbocycles. The van der Waals surface area contributed by atoms with E-state index in [0.717, 1.165) is 36.7 Å². The standard InChI is InChI=1S/C36H56N6O4/c1-23(2)29-19-43-33(37-29)15-41(16-34-38-30(20-44-34)24(3)4)13-27-10-9-11-28(12-27)14-42(17-35-39-31(21-45-35)25(5)6)18-36-40-32(22-46-36)26(7)8/h9-12,23-26,29-32H,13-22H2,1-8H3/t29-,30-,31-,32-/m1/s1. The van der Waals surface area contributed by atoms with Crippen LogP contribution in [-0.4, -0.2) is 110 Å². The van der Waals surface area contributed by atoms with E-state index in [-0.39, 0.29) is 24.2 Å². The lowest BCUT2D eigenvalue weighted by Gasteiger charge is -2.23. The van der Waals surface area contributed by atoms with E-state index in [1.807, 2.05) is 0 Å². The molecule has 4 heterocycles. The first-order valence-electron chi connectivity index (χ1n) is 17.3. The molecular weight excluding hydrogens is 580 g/mol. The van der Waals surface area contributed by atoms with E-state index in [4.69, 9.17) is 38.9 Å². The SMILES string of the molecule is CC(C)[C@H]1COC(CN(CC2=N[C@@H](C(C)C)CO2)Cc2cccc(CN(CC3=N[C@@H](C(C)C)CO3)CC3=N[C@@H](C(C)C)CO3)c2)=N1. The lowest BCUT2D eigenvalue weighted by Crippen LogP contribution is -2.35. The molecule has 0 spiro atoms. The summed E-state index contributed by atoms with van der Waals surface area (Å²) >= 11 is 0. The molecule has 4 aliphatic heterocycles. The van der Waals surface area contributed by atoms with Crippen LogP contribution in [-0.2, 0) is 32.0 Å². The van der Waals surface area contributed by atoms with E-state index in [2.05, 4.69) is 89.5 Å². The highest BCUT2D eigenvalue weighted by Crippen LogP contribution is 2.20. The fraction of sp³-hybridized carbons (Fsp3) is 0.722. The Labute approximate surface area is 276 Å². The summed E-state index contributed by atoms with van der Waals surface area (Å²) in [5.74, 6) is 5.01. The summed E-state index contributed by atoms with van der Waals surface area (Å²) in [5, 5.41) is 0. The Morgan fingerprint density at radius 1 is 0.500 bits per heavy atom. The van der Waals surface area contributed by atoms with Gasteiger partial charge in [0.2, 0.25) is 0 Å². The molecule has 0 aliphatic carbocycles. The summed E-state index contributed by atoms with van der Waals surface area (Å²) in [6.45, 7) is 24.1. The predicted octanol–water partition coefficient (Wildman–Crippen LogP) is 5.10. The van der Waals surface area contributed by atoms with Crippen LogP contribution in [0.25, 0.3) is 0 Å². The predicted molar refractivity (Wildman–Crippen MR) is 185 cm³/mol. The quantitative estimate of drug-likeness (QED) is 0.251. The van der Waals surface area contributed by atoms with Gasteiger partial charge >= 0.3 is 0 Å². The molecule has 0 amide bonds. The summed E-state index contributed by atoms with van der Waals surface area (Å²) in [6.07, 6.45) is 0. The minimum Gasteiger partial charge on any atom is -0.478 e. The average molecular weight is 637 g/mol. The van der Waals surface area contributed by atoms with Crippen LogP contribution in [0.2, 0.25) is 0 Å². The number of aliphatic imine (C=N–C) groups is 4. The Balaban J connectivity index is 1.31. The van der Waals surface area contributed by atoms with Gasteiger partial charge in [0.25, 0.3) is 0 Å². The maximum Gasteiger partial charge on any atom is 0.198 e.